The summed E-state index contributed by atoms with van der Waals surface area (Å²) in [6.45, 7) is 1.40. The molecule has 0 aliphatic carbocycles. The Balaban J connectivity index is 1.59. The van der Waals surface area contributed by atoms with Crippen LogP contribution in [0.2, 0.25) is 0 Å². The molecule has 1 amide bonds. The number of nitrogens with one attached hydrogen (secondary N) is 1. The summed E-state index contributed by atoms with van der Waals surface area (Å²) >= 11 is 0. The number of carboxylic acid groups (broad SMARTS) is 1. The van der Waals surface area contributed by atoms with E-state index in [1.807, 2.05) is 30.3 Å². The number of amides is 1. The van der Waals surface area contributed by atoms with Crippen LogP contribution in [0, 0.1) is 0 Å². The van der Waals surface area contributed by atoms with Crippen LogP contribution in [0.1, 0.15) is 28.8 Å². The van der Waals surface area contributed by atoms with Crippen molar-refractivity contribution in [1.82, 2.24) is 5.32 Å². The van der Waals surface area contributed by atoms with Crippen molar-refractivity contribution in [2.75, 3.05) is 13.2 Å². The minimum absolute atomic E-state index is 0.126. The lowest BCUT2D eigenvalue weighted by Crippen LogP contribution is -2.42. The van der Waals surface area contributed by atoms with Crippen molar-refractivity contribution >= 4 is 11.9 Å². The summed E-state index contributed by atoms with van der Waals surface area (Å²) in [6.07, 6.45) is 2.05. The molecule has 142 valence electrons. The van der Waals surface area contributed by atoms with Crippen molar-refractivity contribution in [3.05, 3.63) is 65.7 Å². The van der Waals surface area contributed by atoms with Gasteiger partial charge in [0.05, 0.1) is 13.2 Å². The van der Waals surface area contributed by atoms with Gasteiger partial charge in [-0.15, -0.1) is 0 Å². The second kappa shape index (κ2) is 9.19. The van der Waals surface area contributed by atoms with Gasteiger partial charge in [0.15, 0.2) is 0 Å². The van der Waals surface area contributed by atoms with E-state index in [4.69, 9.17) is 9.47 Å². The zero-order chi connectivity index (χ0) is 19.1. The third kappa shape index (κ3) is 5.56. The molecule has 1 aliphatic heterocycles. The first-order chi connectivity index (χ1) is 13.1. The molecule has 3 rings (SSSR count). The standard InChI is InChI=1S/C21H23NO5/c23-20(22-19(21(24)25)14-15-4-2-1-3-5-15)16-6-8-17(9-7-16)27-18-10-12-26-13-11-18/h1-9,18-19H,10-14H2,(H,22,23)(H,24,25)/t19-/m0/s1. The molecule has 2 N–H and O–H groups in total. The Labute approximate surface area is 158 Å². The molecule has 1 aliphatic rings. The third-order valence-corrected chi connectivity index (χ3v) is 4.47. The van der Waals surface area contributed by atoms with Gasteiger partial charge in [-0.2, -0.15) is 0 Å². The molecule has 1 fully saturated rings. The van der Waals surface area contributed by atoms with E-state index in [2.05, 4.69) is 5.32 Å². The molecule has 0 saturated carbocycles. The highest BCUT2D eigenvalue weighted by molar-refractivity contribution is 5.96. The first kappa shape index (κ1) is 18.9. The SMILES string of the molecule is O=C(N[C@@H](Cc1ccccc1)C(=O)O)c1ccc(OC2CCOCC2)cc1. The zero-order valence-corrected chi connectivity index (χ0v) is 15.0. The van der Waals surface area contributed by atoms with E-state index in [9.17, 15) is 14.7 Å². The fourth-order valence-corrected chi connectivity index (χ4v) is 2.96. The molecule has 2 aromatic carbocycles. The van der Waals surface area contributed by atoms with Gasteiger partial charge in [-0.25, -0.2) is 4.79 Å². The van der Waals surface area contributed by atoms with Crippen molar-refractivity contribution in [2.24, 2.45) is 0 Å². The van der Waals surface area contributed by atoms with E-state index in [1.54, 1.807) is 24.3 Å². The van der Waals surface area contributed by atoms with Crippen molar-refractivity contribution < 1.29 is 24.2 Å². The zero-order valence-electron chi connectivity index (χ0n) is 15.0. The van der Waals surface area contributed by atoms with Gasteiger partial charge in [0.1, 0.15) is 17.9 Å². The summed E-state index contributed by atoms with van der Waals surface area (Å²) in [4.78, 5) is 23.9. The molecule has 1 atom stereocenters. The minimum Gasteiger partial charge on any atom is -0.490 e. The van der Waals surface area contributed by atoms with E-state index in [1.165, 1.54) is 0 Å². The van der Waals surface area contributed by atoms with E-state index in [-0.39, 0.29) is 12.5 Å². The molecule has 0 unspecified atom stereocenters. The maximum absolute atomic E-state index is 12.4. The smallest absolute Gasteiger partial charge is 0.326 e. The Morgan fingerprint density at radius 2 is 1.74 bits per heavy atom. The molecule has 0 bridgehead atoms. The Morgan fingerprint density at radius 1 is 1.07 bits per heavy atom. The topological polar surface area (TPSA) is 84.9 Å². The monoisotopic (exact) mass is 369 g/mol. The quantitative estimate of drug-likeness (QED) is 0.784. The van der Waals surface area contributed by atoms with Crippen LogP contribution in [0.25, 0.3) is 0 Å². The van der Waals surface area contributed by atoms with Crippen LogP contribution in [-0.4, -0.2) is 42.3 Å². The molecule has 0 aromatic heterocycles. The van der Waals surface area contributed by atoms with E-state index in [0.717, 1.165) is 18.4 Å². The van der Waals surface area contributed by atoms with E-state index < -0.39 is 17.9 Å². The normalized spacial score (nSPS) is 15.7. The molecule has 1 saturated heterocycles. The molecule has 0 radical (unpaired) electrons. The first-order valence-electron chi connectivity index (χ1n) is 9.04. The number of carboxylic acids is 1. The van der Waals surface area contributed by atoms with Crippen LogP contribution in [0.5, 0.6) is 5.75 Å². The van der Waals surface area contributed by atoms with E-state index >= 15 is 0 Å². The predicted octanol–water partition coefficient (Wildman–Crippen LogP) is 2.67. The average Bonchev–Trinajstić information content (AvgIpc) is 2.69. The third-order valence-electron chi connectivity index (χ3n) is 4.47. The van der Waals surface area contributed by atoms with Gasteiger partial charge in [-0.05, 0) is 29.8 Å². The maximum Gasteiger partial charge on any atom is 0.326 e. The van der Waals surface area contributed by atoms with Gasteiger partial charge < -0.3 is 19.9 Å². The molecule has 1 heterocycles. The second-order valence-electron chi connectivity index (χ2n) is 6.51. The van der Waals surface area contributed by atoms with Crippen LogP contribution in [-0.2, 0) is 16.0 Å². The van der Waals surface area contributed by atoms with Crippen LogP contribution >= 0.6 is 0 Å². The van der Waals surface area contributed by atoms with Crippen molar-refractivity contribution in [3.8, 4) is 5.75 Å². The lowest BCUT2D eigenvalue weighted by molar-refractivity contribution is -0.139. The highest BCUT2D eigenvalue weighted by Crippen LogP contribution is 2.18. The number of benzene rings is 2. The Bertz CT molecular complexity index is 754. The summed E-state index contributed by atoms with van der Waals surface area (Å²) < 4.78 is 11.2. The van der Waals surface area contributed by atoms with Crippen molar-refractivity contribution in [1.29, 1.82) is 0 Å². The second-order valence-corrected chi connectivity index (χ2v) is 6.51. The van der Waals surface area contributed by atoms with Crippen LogP contribution < -0.4 is 10.1 Å². The molecule has 6 nitrogen and oxygen atoms in total. The first-order valence-corrected chi connectivity index (χ1v) is 9.04. The average molecular weight is 369 g/mol. The number of hydrogen-bond donors (Lipinski definition) is 2. The summed E-state index contributed by atoms with van der Waals surface area (Å²) in [6, 6.07) is 15.0. The van der Waals surface area contributed by atoms with Crippen LogP contribution in [0.15, 0.2) is 54.6 Å². The van der Waals surface area contributed by atoms with Crippen LogP contribution in [0.3, 0.4) is 0 Å². The summed E-state index contributed by atoms with van der Waals surface area (Å²) in [5.74, 6) is -0.792. The lowest BCUT2D eigenvalue weighted by atomic mass is 10.1. The number of carbonyl (C=O) groups is 2. The Hall–Kier alpha value is -2.86. The number of carbonyl (C=O) groups excluding carboxylic acids is 1. The largest absolute Gasteiger partial charge is 0.490 e. The molecule has 2 aromatic rings. The highest BCUT2D eigenvalue weighted by Gasteiger charge is 2.21. The van der Waals surface area contributed by atoms with Crippen LogP contribution in [0.4, 0.5) is 0 Å². The van der Waals surface area contributed by atoms with Gasteiger partial charge in [0, 0.05) is 24.8 Å². The fourth-order valence-electron chi connectivity index (χ4n) is 2.96. The highest BCUT2D eigenvalue weighted by atomic mass is 16.5. The summed E-state index contributed by atoms with van der Waals surface area (Å²) in [5, 5.41) is 12.0. The Kier molecular flexibility index (Phi) is 6.44. The van der Waals surface area contributed by atoms with Gasteiger partial charge in [0.2, 0.25) is 0 Å². The molecular formula is C21H23NO5. The van der Waals surface area contributed by atoms with Crippen molar-refractivity contribution in [3.63, 3.8) is 0 Å². The maximum atomic E-state index is 12.4. The molecule has 6 heteroatoms. The predicted molar refractivity (Wildman–Crippen MR) is 99.9 cm³/mol. The van der Waals surface area contributed by atoms with Crippen molar-refractivity contribution in [2.45, 2.75) is 31.4 Å². The lowest BCUT2D eigenvalue weighted by Gasteiger charge is -2.23. The van der Waals surface area contributed by atoms with Gasteiger partial charge in [-0.3, -0.25) is 4.79 Å². The number of ether oxygens (including phenoxy) is 2. The fraction of sp³-hybridized carbons (Fsp3) is 0.333. The van der Waals surface area contributed by atoms with E-state index in [0.29, 0.717) is 24.5 Å². The molecular weight excluding hydrogens is 346 g/mol. The van der Waals surface area contributed by atoms with Gasteiger partial charge >= 0.3 is 5.97 Å². The Morgan fingerprint density at radius 3 is 2.37 bits per heavy atom. The molecule has 0 spiro atoms. The number of aliphatic carboxylic acids is 1. The van der Waals surface area contributed by atoms with Gasteiger partial charge in [0.25, 0.3) is 5.91 Å². The summed E-state index contributed by atoms with van der Waals surface area (Å²) in [7, 11) is 0. The number of hydrogen-bond acceptors (Lipinski definition) is 4. The van der Waals surface area contributed by atoms with Gasteiger partial charge in [-0.1, -0.05) is 30.3 Å². The summed E-state index contributed by atoms with van der Waals surface area (Å²) in [5.41, 5.74) is 1.25. The number of rotatable bonds is 7. The molecule has 27 heavy (non-hydrogen) atoms. The minimum atomic E-state index is -1.06.